The number of halogens is 2. The Morgan fingerprint density at radius 3 is 2.60 bits per heavy atom. The average molecular weight is 419 g/mol. The van der Waals surface area contributed by atoms with Crippen molar-refractivity contribution < 1.29 is 8.42 Å². The van der Waals surface area contributed by atoms with Gasteiger partial charge in [0.2, 0.25) is 9.84 Å². The van der Waals surface area contributed by atoms with Crippen LogP contribution in [0, 0.1) is 3.57 Å². The Hall–Kier alpha value is -1.12. The lowest BCUT2D eigenvalue weighted by Gasteiger charge is -2.07. The molecule has 7 heteroatoms. The molecule has 0 fully saturated rings. The number of hydrogen-bond donors (Lipinski definition) is 1. The molecule has 20 heavy (non-hydrogen) atoms. The van der Waals surface area contributed by atoms with E-state index in [0.29, 0.717) is 19.8 Å². The number of nitrogens with zero attached hydrogens (tertiary/aromatic N) is 1. The molecule has 0 spiro atoms. The third-order valence-electron chi connectivity index (χ3n) is 2.85. The number of rotatable bonds is 2. The van der Waals surface area contributed by atoms with Crippen molar-refractivity contribution in [1.82, 2.24) is 9.97 Å². The minimum atomic E-state index is -3.61. The van der Waals surface area contributed by atoms with Crippen LogP contribution in [0.3, 0.4) is 0 Å². The second-order valence-corrected chi connectivity index (χ2v) is 7.59. The lowest BCUT2D eigenvalue weighted by atomic mass is 10.3. The van der Waals surface area contributed by atoms with Gasteiger partial charge in [0.1, 0.15) is 10.8 Å². The number of fused-ring (bicyclic) bond motifs is 1. The molecule has 0 radical (unpaired) electrons. The minimum absolute atomic E-state index is 0.234. The van der Waals surface area contributed by atoms with Crippen LogP contribution in [-0.2, 0) is 9.84 Å². The summed E-state index contributed by atoms with van der Waals surface area (Å²) >= 11 is 7.88. The largest absolute Gasteiger partial charge is 0.330 e. The van der Waals surface area contributed by atoms with Crippen molar-refractivity contribution in [2.45, 2.75) is 9.79 Å². The Balaban J connectivity index is 2.37. The number of hydrogen-bond acceptors (Lipinski definition) is 3. The fraction of sp³-hybridized carbons (Fsp3) is 0. The molecule has 0 bridgehead atoms. The summed E-state index contributed by atoms with van der Waals surface area (Å²) in [4.78, 5) is 7.48. The van der Waals surface area contributed by atoms with Crippen LogP contribution >= 0.6 is 34.2 Å². The molecule has 1 N–H and O–H groups in total. The molecule has 2 aromatic heterocycles. The zero-order chi connectivity index (χ0) is 14.3. The van der Waals surface area contributed by atoms with Crippen LogP contribution in [0.15, 0.2) is 52.4 Å². The Morgan fingerprint density at radius 1 is 1.20 bits per heavy atom. The van der Waals surface area contributed by atoms with E-state index in [1.54, 1.807) is 36.4 Å². The van der Waals surface area contributed by atoms with Gasteiger partial charge in [-0.25, -0.2) is 13.4 Å². The van der Waals surface area contributed by atoms with Gasteiger partial charge >= 0.3 is 0 Å². The molecule has 3 rings (SSSR count). The van der Waals surface area contributed by atoms with Gasteiger partial charge in [-0.1, -0.05) is 29.8 Å². The molecule has 0 atom stereocenters. The topological polar surface area (TPSA) is 62.8 Å². The van der Waals surface area contributed by atoms with Crippen LogP contribution < -0.4 is 0 Å². The van der Waals surface area contributed by atoms with E-state index in [1.807, 2.05) is 22.6 Å². The number of pyridine rings is 1. The Labute approximate surface area is 134 Å². The van der Waals surface area contributed by atoms with Crippen molar-refractivity contribution in [3.63, 3.8) is 0 Å². The van der Waals surface area contributed by atoms with Crippen LogP contribution in [0.4, 0.5) is 0 Å². The summed E-state index contributed by atoms with van der Waals surface area (Å²) in [5, 5.41) is 0.866. The Kier molecular flexibility index (Phi) is 3.47. The maximum Gasteiger partial charge on any atom is 0.208 e. The van der Waals surface area contributed by atoms with E-state index in [1.165, 1.54) is 6.20 Å². The first kappa shape index (κ1) is 13.8. The molecule has 0 aliphatic rings. The molecule has 3 aromatic rings. The van der Waals surface area contributed by atoms with E-state index in [2.05, 4.69) is 9.97 Å². The highest BCUT2D eigenvalue weighted by molar-refractivity contribution is 14.1. The fourth-order valence-electron chi connectivity index (χ4n) is 1.99. The van der Waals surface area contributed by atoms with Crippen LogP contribution in [0.2, 0.25) is 5.15 Å². The summed E-state index contributed by atoms with van der Waals surface area (Å²) in [6, 6.07) is 9.91. The first-order valence-electron chi connectivity index (χ1n) is 5.63. The van der Waals surface area contributed by atoms with Gasteiger partial charge in [0, 0.05) is 11.6 Å². The minimum Gasteiger partial charge on any atom is -0.330 e. The SMILES string of the molecule is O=S(=O)(c1ccccc1)c1c(I)cnc2[nH]c(Cl)cc12. The number of benzene rings is 1. The number of aromatic nitrogens is 2. The quantitative estimate of drug-likeness (QED) is 0.646. The van der Waals surface area contributed by atoms with Gasteiger partial charge in [0.05, 0.1) is 13.4 Å². The average Bonchev–Trinajstić information content (AvgIpc) is 2.79. The van der Waals surface area contributed by atoms with Crippen LogP contribution in [0.1, 0.15) is 0 Å². The molecule has 4 nitrogen and oxygen atoms in total. The number of sulfone groups is 1. The van der Waals surface area contributed by atoms with Crippen LogP contribution in [-0.4, -0.2) is 18.4 Å². The fourth-order valence-corrected chi connectivity index (χ4v) is 4.99. The molecule has 1 aromatic carbocycles. The van der Waals surface area contributed by atoms with E-state index in [9.17, 15) is 8.42 Å². The van der Waals surface area contributed by atoms with Gasteiger partial charge in [0.25, 0.3) is 0 Å². The van der Waals surface area contributed by atoms with E-state index in [4.69, 9.17) is 11.6 Å². The third-order valence-corrected chi connectivity index (χ3v) is 6.11. The maximum absolute atomic E-state index is 12.8. The van der Waals surface area contributed by atoms with E-state index >= 15 is 0 Å². The van der Waals surface area contributed by atoms with Gasteiger partial charge < -0.3 is 4.98 Å². The smallest absolute Gasteiger partial charge is 0.208 e. The lowest BCUT2D eigenvalue weighted by Crippen LogP contribution is -2.05. The summed E-state index contributed by atoms with van der Waals surface area (Å²) in [7, 11) is -3.61. The molecule has 0 saturated carbocycles. The van der Waals surface area contributed by atoms with Crippen molar-refractivity contribution in [2.75, 3.05) is 0 Å². The molecular weight excluding hydrogens is 411 g/mol. The van der Waals surface area contributed by atoms with Crippen LogP contribution in [0.25, 0.3) is 11.0 Å². The highest BCUT2D eigenvalue weighted by Gasteiger charge is 2.24. The normalized spacial score (nSPS) is 11.9. The number of H-pyrrole nitrogens is 1. The highest BCUT2D eigenvalue weighted by atomic mass is 127. The van der Waals surface area contributed by atoms with Gasteiger partial charge in [-0.2, -0.15) is 0 Å². The van der Waals surface area contributed by atoms with E-state index < -0.39 is 9.84 Å². The molecule has 0 unspecified atom stereocenters. The number of aromatic amines is 1. The van der Waals surface area contributed by atoms with Gasteiger partial charge in [0.15, 0.2) is 0 Å². The predicted molar refractivity (Wildman–Crippen MR) is 85.7 cm³/mol. The lowest BCUT2D eigenvalue weighted by molar-refractivity contribution is 0.596. The van der Waals surface area contributed by atoms with Gasteiger partial charge in [-0.3, -0.25) is 0 Å². The van der Waals surface area contributed by atoms with Crippen molar-refractivity contribution in [3.05, 3.63) is 51.3 Å². The summed E-state index contributed by atoms with van der Waals surface area (Å²) < 4.78 is 26.1. The summed E-state index contributed by atoms with van der Waals surface area (Å²) in [6.07, 6.45) is 1.52. The van der Waals surface area contributed by atoms with Crippen molar-refractivity contribution in [3.8, 4) is 0 Å². The monoisotopic (exact) mass is 418 g/mol. The van der Waals surface area contributed by atoms with E-state index in [0.717, 1.165) is 0 Å². The summed E-state index contributed by atoms with van der Waals surface area (Å²) in [5.74, 6) is 0. The molecule has 0 aliphatic carbocycles. The van der Waals surface area contributed by atoms with Crippen molar-refractivity contribution in [2.24, 2.45) is 0 Å². The molecule has 0 saturated heterocycles. The molecule has 0 aliphatic heterocycles. The second kappa shape index (κ2) is 5.01. The summed E-state index contributed by atoms with van der Waals surface area (Å²) in [6.45, 7) is 0. The zero-order valence-electron chi connectivity index (χ0n) is 9.97. The van der Waals surface area contributed by atoms with Gasteiger partial charge in [-0.15, -0.1) is 0 Å². The second-order valence-electron chi connectivity index (χ2n) is 4.13. The highest BCUT2D eigenvalue weighted by Crippen LogP contribution is 2.32. The zero-order valence-corrected chi connectivity index (χ0v) is 13.7. The third kappa shape index (κ3) is 2.21. The summed E-state index contributed by atoms with van der Waals surface area (Å²) in [5.41, 5.74) is 0.463. The molecular formula is C13H8ClIN2O2S. The van der Waals surface area contributed by atoms with E-state index in [-0.39, 0.29) is 9.79 Å². The molecule has 0 amide bonds. The molecule has 2 heterocycles. The van der Waals surface area contributed by atoms with Crippen molar-refractivity contribution in [1.29, 1.82) is 0 Å². The van der Waals surface area contributed by atoms with Gasteiger partial charge in [-0.05, 0) is 40.8 Å². The molecule has 102 valence electrons. The Bertz CT molecular complexity index is 891. The maximum atomic E-state index is 12.8. The first-order valence-corrected chi connectivity index (χ1v) is 8.57. The predicted octanol–water partition coefficient (Wildman–Crippen LogP) is 3.65. The standard InChI is InChI=1S/C13H8ClIN2O2S/c14-11-6-9-12(10(15)7-16-13(9)17-11)20(18,19)8-4-2-1-3-5-8/h1-7H,(H,16,17). The Morgan fingerprint density at radius 2 is 1.90 bits per heavy atom. The number of nitrogens with one attached hydrogen (secondary N) is 1. The van der Waals surface area contributed by atoms with Crippen molar-refractivity contribution >= 4 is 55.1 Å². The first-order chi connectivity index (χ1) is 9.50. The van der Waals surface area contributed by atoms with Crippen LogP contribution in [0.5, 0.6) is 0 Å².